The topological polar surface area (TPSA) is 44.1 Å². The monoisotopic (exact) mass is 300 g/mol. The third kappa shape index (κ3) is 2.45. The number of Topliss-reactive ketones (excluding diaryl/α,β-unsaturated/α-hetero) is 1. The lowest BCUT2D eigenvalue weighted by Gasteiger charge is -2.13. The van der Waals surface area contributed by atoms with E-state index in [2.05, 4.69) is 21.0 Å². The molecule has 2 heterocycles. The standard InChI is InChI=1S/C12H17BrN2O2/c1-7(2)15-11(10(13)5-14-15)12(16)9-4-8(3)17-6-9/h5,7-9H,4,6H2,1-3H3. The molecule has 1 fully saturated rings. The van der Waals surface area contributed by atoms with Crippen LogP contribution >= 0.6 is 15.9 Å². The number of rotatable bonds is 3. The molecule has 0 bridgehead atoms. The van der Waals surface area contributed by atoms with Crippen molar-refractivity contribution >= 4 is 21.7 Å². The molecule has 1 aliphatic rings. The van der Waals surface area contributed by atoms with E-state index in [0.29, 0.717) is 12.3 Å². The number of nitrogens with zero attached hydrogens (tertiary/aromatic N) is 2. The fourth-order valence-electron chi connectivity index (χ4n) is 2.16. The Hall–Kier alpha value is -0.680. The Bertz CT molecular complexity index is 428. The molecule has 0 aliphatic carbocycles. The van der Waals surface area contributed by atoms with Crippen LogP contribution in [0.4, 0.5) is 0 Å². The molecule has 0 amide bonds. The SMILES string of the molecule is CC1CC(C(=O)c2c(Br)cnn2C(C)C)CO1. The molecule has 1 aliphatic heterocycles. The highest BCUT2D eigenvalue weighted by Crippen LogP contribution is 2.28. The summed E-state index contributed by atoms with van der Waals surface area (Å²) in [6.07, 6.45) is 2.67. The molecule has 5 heteroatoms. The van der Waals surface area contributed by atoms with Crippen molar-refractivity contribution < 1.29 is 9.53 Å². The van der Waals surface area contributed by atoms with Crippen molar-refractivity contribution in [1.82, 2.24) is 9.78 Å². The van der Waals surface area contributed by atoms with Gasteiger partial charge in [-0.1, -0.05) is 0 Å². The number of ketones is 1. The van der Waals surface area contributed by atoms with Gasteiger partial charge in [0.1, 0.15) is 5.69 Å². The van der Waals surface area contributed by atoms with Crippen LogP contribution in [0.5, 0.6) is 0 Å². The summed E-state index contributed by atoms with van der Waals surface area (Å²) in [6, 6.07) is 0.181. The highest BCUT2D eigenvalue weighted by molar-refractivity contribution is 9.10. The third-order valence-electron chi connectivity index (χ3n) is 3.04. The smallest absolute Gasteiger partial charge is 0.187 e. The molecule has 17 heavy (non-hydrogen) atoms. The first-order chi connectivity index (χ1) is 8.00. The molecule has 2 rings (SSSR count). The molecule has 0 aromatic carbocycles. The summed E-state index contributed by atoms with van der Waals surface area (Å²) in [7, 11) is 0. The molecular weight excluding hydrogens is 284 g/mol. The molecule has 1 aromatic rings. The second kappa shape index (κ2) is 4.90. The lowest BCUT2D eigenvalue weighted by molar-refractivity contribution is 0.0865. The van der Waals surface area contributed by atoms with E-state index >= 15 is 0 Å². The lowest BCUT2D eigenvalue weighted by atomic mass is 9.98. The number of carbonyl (C=O) groups excluding carboxylic acids is 1. The van der Waals surface area contributed by atoms with Gasteiger partial charge >= 0.3 is 0 Å². The molecular formula is C12H17BrN2O2. The Morgan fingerprint density at radius 1 is 1.65 bits per heavy atom. The lowest BCUT2D eigenvalue weighted by Crippen LogP contribution is -2.21. The van der Waals surface area contributed by atoms with Gasteiger partial charge in [0.05, 0.1) is 23.4 Å². The number of ether oxygens (including phenoxy) is 1. The molecule has 94 valence electrons. The third-order valence-corrected chi connectivity index (χ3v) is 3.62. The summed E-state index contributed by atoms with van der Waals surface area (Å²) < 4.78 is 8.01. The Labute approximate surface area is 109 Å². The van der Waals surface area contributed by atoms with Gasteiger partial charge in [0.2, 0.25) is 0 Å². The highest BCUT2D eigenvalue weighted by Gasteiger charge is 2.32. The molecule has 0 radical (unpaired) electrons. The van der Waals surface area contributed by atoms with Crippen LogP contribution in [-0.2, 0) is 4.74 Å². The molecule has 1 aromatic heterocycles. The minimum Gasteiger partial charge on any atom is -0.378 e. The van der Waals surface area contributed by atoms with Crippen LogP contribution in [0, 0.1) is 5.92 Å². The van der Waals surface area contributed by atoms with Crippen molar-refractivity contribution in [3.8, 4) is 0 Å². The van der Waals surface area contributed by atoms with Gasteiger partial charge in [0, 0.05) is 12.0 Å². The largest absolute Gasteiger partial charge is 0.378 e. The van der Waals surface area contributed by atoms with Crippen molar-refractivity contribution in [3.63, 3.8) is 0 Å². The molecule has 0 saturated carbocycles. The number of hydrogen-bond acceptors (Lipinski definition) is 3. The van der Waals surface area contributed by atoms with Crippen LogP contribution in [-0.4, -0.2) is 28.3 Å². The van der Waals surface area contributed by atoms with E-state index in [4.69, 9.17) is 4.74 Å². The van der Waals surface area contributed by atoms with Crippen LogP contribution in [0.15, 0.2) is 10.7 Å². The zero-order chi connectivity index (χ0) is 12.6. The maximum absolute atomic E-state index is 12.4. The van der Waals surface area contributed by atoms with E-state index in [1.54, 1.807) is 10.9 Å². The highest BCUT2D eigenvalue weighted by atomic mass is 79.9. The van der Waals surface area contributed by atoms with E-state index in [1.807, 2.05) is 20.8 Å². The Kier molecular flexibility index (Phi) is 3.68. The van der Waals surface area contributed by atoms with Gasteiger partial charge in [-0.2, -0.15) is 5.10 Å². The van der Waals surface area contributed by atoms with Crippen LogP contribution in [0.3, 0.4) is 0 Å². The fourth-order valence-corrected chi connectivity index (χ4v) is 2.63. The minimum atomic E-state index is -0.0319. The summed E-state index contributed by atoms with van der Waals surface area (Å²) in [6.45, 7) is 6.56. The normalized spacial score (nSPS) is 24.5. The van der Waals surface area contributed by atoms with E-state index in [-0.39, 0.29) is 23.8 Å². The zero-order valence-corrected chi connectivity index (χ0v) is 11.9. The first kappa shape index (κ1) is 12.8. The number of aromatic nitrogens is 2. The van der Waals surface area contributed by atoms with E-state index < -0.39 is 0 Å². The van der Waals surface area contributed by atoms with Gasteiger partial charge in [-0.05, 0) is 43.1 Å². The average Bonchev–Trinajstić information content (AvgIpc) is 2.83. The summed E-state index contributed by atoms with van der Waals surface area (Å²) in [5.41, 5.74) is 0.669. The Morgan fingerprint density at radius 2 is 2.35 bits per heavy atom. The number of carbonyl (C=O) groups is 1. The summed E-state index contributed by atoms with van der Waals surface area (Å²) in [5, 5.41) is 4.23. The molecule has 0 spiro atoms. The number of hydrogen-bond donors (Lipinski definition) is 0. The van der Waals surface area contributed by atoms with Crippen molar-refractivity contribution in [2.75, 3.05) is 6.61 Å². The van der Waals surface area contributed by atoms with Gasteiger partial charge < -0.3 is 4.74 Å². The van der Waals surface area contributed by atoms with Gasteiger partial charge in [-0.3, -0.25) is 9.48 Å². The van der Waals surface area contributed by atoms with E-state index in [0.717, 1.165) is 10.9 Å². The van der Waals surface area contributed by atoms with Crippen molar-refractivity contribution in [2.45, 2.75) is 39.3 Å². The number of halogens is 1. The van der Waals surface area contributed by atoms with Crippen LogP contribution in [0.25, 0.3) is 0 Å². The van der Waals surface area contributed by atoms with E-state index in [1.165, 1.54) is 0 Å². The van der Waals surface area contributed by atoms with Crippen molar-refractivity contribution in [3.05, 3.63) is 16.4 Å². The van der Waals surface area contributed by atoms with Gasteiger partial charge in [0.15, 0.2) is 5.78 Å². The first-order valence-electron chi connectivity index (χ1n) is 5.89. The van der Waals surface area contributed by atoms with Crippen LogP contribution < -0.4 is 0 Å². The quantitative estimate of drug-likeness (QED) is 0.806. The van der Waals surface area contributed by atoms with E-state index in [9.17, 15) is 4.79 Å². The molecule has 1 saturated heterocycles. The van der Waals surface area contributed by atoms with Crippen LogP contribution in [0.2, 0.25) is 0 Å². The predicted molar refractivity (Wildman–Crippen MR) is 68.2 cm³/mol. The van der Waals surface area contributed by atoms with Gasteiger partial charge in [-0.25, -0.2) is 0 Å². The van der Waals surface area contributed by atoms with Crippen molar-refractivity contribution in [2.24, 2.45) is 5.92 Å². The first-order valence-corrected chi connectivity index (χ1v) is 6.68. The maximum Gasteiger partial charge on any atom is 0.187 e. The Morgan fingerprint density at radius 3 is 2.88 bits per heavy atom. The second-order valence-corrected chi connectivity index (χ2v) is 5.67. The minimum absolute atomic E-state index is 0.0319. The second-order valence-electron chi connectivity index (χ2n) is 4.82. The predicted octanol–water partition coefficient (Wildman–Crippen LogP) is 2.83. The molecule has 0 N–H and O–H groups in total. The zero-order valence-electron chi connectivity index (χ0n) is 10.3. The van der Waals surface area contributed by atoms with Crippen molar-refractivity contribution in [1.29, 1.82) is 0 Å². The molecule has 2 unspecified atom stereocenters. The summed E-state index contributed by atoms with van der Waals surface area (Å²) in [5.74, 6) is 0.0999. The van der Waals surface area contributed by atoms with Gasteiger partial charge in [-0.15, -0.1) is 0 Å². The summed E-state index contributed by atoms with van der Waals surface area (Å²) >= 11 is 3.40. The molecule has 4 nitrogen and oxygen atoms in total. The molecule has 2 atom stereocenters. The average molecular weight is 301 g/mol. The van der Waals surface area contributed by atoms with Crippen LogP contribution in [0.1, 0.15) is 43.7 Å². The van der Waals surface area contributed by atoms with Gasteiger partial charge in [0.25, 0.3) is 0 Å². The summed E-state index contributed by atoms with van der Waals surface area (Å²) in [4.78, 5) is 12.4. The maximum atomic E-state index is 12.4. The Balaban J connectivity index is 2.27. The fraction of sp³-hybridized carbons (Fsp3) is 0.667.